The molecule has 0 saturated heterocycles. The van der Waals surface area contributed by atoms with Crippen molar-refractivity contribution in [2.75, 3.05) is 12.5 Å². The fourth-order valence-corrected chi connectivity index (χ4v) is 1.88. The highest BCUT2D eigenvalue weighted by atomic mass is 16.5. The Bertz CT molecular complexity index is 853. The Morgan fingerprint density at radius 1 is 1.24 bits per heavy atom. The number of carbonyl (C=O) groups is 1. The molecule has 0 aliphatic heterocycles. The number of nitrogens with zero attached hydrogens (tertiary/aromatic N) is 3. The van der Waals surface area contributed by atoms with Gasteiger partial charge in [0.25, 0.3) is 0 Å². The number of nitrogens with one attached hydrogen (secondary N) is 2. The van der Waals surface area contributed by atoms with Crippen molar-refractivity contribution in [3.63, 3.8) is 0 Å². The fourth-order valence-electron chi connectivity index (χ4n) is 1.88. The molecule has 0 aliphatic carbocycles. The number of anilines is 1. The molecule has 2 aromatic rings. The number of methoxy groups -OCH3 is 1. The molecule has 0 unspecified atom stereocenters. The largest absolute Gasteiger partial charge is 0.497 e. The molecular weight excluding hydrogens is 318 g/mol. The van der Waals surface area contributed by atoms with Crippen LogP contribution in [-0.2, 0) is 4.79 Å². The molecule has 2 rings (SSSR count). The number of hydrogen-bond donors (Lipinski definition) is 2. The first-order chi connectivity index (χ1) is 12.1. The van der Waals surface area contributed by atoms with E-state index < -0.39 is 5.91 Å². The first-order valence-electron chi connectivity index (χ1n) is 7.41. The van der Waals surface area contributed by atoms with Crippen LogP contribution in [0.15, 0.2) is 58.7 Å². The SMILES string of the molecule is COc1cccc(NN=C(C#N)C(=O)NN=Cc2ccccc2C)c1. The van der Waals surface area contributed by atoms with Gasteiger partial charge in [-0.05, 0) is 30.2 Å². The first kappa shape index (κ1) is 17.7. The second kappa shape index (κ2) is 8.84. The van der Waals surface area contributed by atoms with Gasteiger partial charge in [-0.15, -0.1) is 0 Å². The molecule has 2 N–H and O–H groups in total. The van der Waals surface area contributed by atoms with Crippen LogP contribution in [0.2, 0.25) is 0 Å². The van der Waals surface area contributed by atoms with Gasteiger partial charge in [0.1, 0.15) is 11.8 Å². The van der Waals surface area contributed by atoms with Crippen LogP contribution in [0.5, 0.6) is 5.75 Å². The molecule has 1 amide bonds. The van der Waals surface area contributed by atoms with E-state index in [4.69, 9.17) is 10.00 Å². The summed E-state index contributed by atoms with van der Waals surface area (Å²) in [5, 5.41) is 16.7. The van der Waals surface area contributed by atoms with Crippen molar-refractivity contribution in [2.45, 2.75) is 6.92 Å². The maximum atomic E-state index is 12.0. The van der Waals surface area contributed by atoms with Crippen LogP contribution in [0, 0.1) is 18.3 Å². The van der Waals surface area contributed by atoms with E-state index in [0.717, 1.165) is 11.1 Å². The van der Waals surface area contributed by atoms with E-state index in [1.165, 1.54) is 6.21 Å². The summed E-state index contributed by atoms with van der Waals surface area (Å²) in [6.07, 6.45) is 1.51. The number of carbonyl (C=O) groups excluding carboxylic acids is 1. The minimum absolute atomic E-state index is 0.343. The monoisotopic (exact) mass is 335 g/mol. The zero-order valence-corrected chi connectivity index (χ0v) is 13.9. The molecule has 0 atom stereocenters. The number of hydrazone groups is 2. The minimum atomic E-state index is -0.706. The smallest absolute Gasteiger partial charge is 0.302 e. The first-order valence-corrected chi connectivity index (χ1v) is 7.41. The van der Waals surface area contributed by atoms with Crippen LogP contribution < -0.4 is 15.6 Å². The van der Waals surface area contributed by atoms with Gasteiger partial charge in [-0.3, -0.25) is 10.2 Å². The Morgan fingerprint density at radius 3 is 2.76 bits per heavy atom. The fraction of sp³-hybridized carbons (Fsp3) is 0.111. The van der Waals surface area contributed by atoms with Crippen molar-refractivity contribution in [3.8, 4) is 11.8 Å². The molecule has 7 heteroatoms. The summed E-state index contributed by atoms with van der Waals surface area (Å²) < 4.78 is 5.09. The van der Waals surface area contributed by atoms with Gasteiger partial charge in [-0.1, -0.05) is 30.3 Å². The van der Waals surface area contributed by atoms with Crippen LogP contribution in [0.3, 0.4) is 0 Å². The van der Waals surface area contributed by atoms with Gasteiger partial charge in [0.2, 0.25) is 5.71 Å². The van der Waals surface area contributed by atoms with Crippen molar-refractivity contribution >= 4 is 23.5 Å². The molecule has 0 radical (unpaired) electrons. The summed E-state index contributed by atoms with van der Waals surface area (Å²) in [7, 11) is 1.54. The lowest BCUT2D eigenvalue weighted by Gasteiger charge is -2.04. The molecule has 0 fully saturated rings. The summed E-state index contributed by atoms with van der Waals surface area (Å²) in [4.78, 5) is 12.0. The summed E-state index contributed by atoms with van der Waals surface area (Å²) in [5.74, 6) is -0.0753. The van der Waals surface area contributed by atoms with Crippen molar-refractivity contribution in [1.82, 2.24) is 5.43 Å². The van der Waals surface area contributed by atoms with E-state index in [-0.39, 0.29) is 5.71 Å². The maximum Gasteiger partial charge on any atom is 0.302 e. The number of benzene rings is 2. The van der Waals surface area contributed by atoms with Crippen LogP contribution in [0.25, 0.3) is 0 Å². The van der Waals surface area contributed by atoms with Crippen molar-refractivity contribution in [3.05, 3.63) is 59.7 Å². The number of amides is 1. The lowest BCUT2D eigenvalue weighted by atomic mass is 10.1. The third-order valence-corrected chi connectivity index (χ3v) is 3.25. The lowest BCUT2D eigenvalue weighted by molar-refractivity contribution is -0.114. The number of nitriles is 1. The highest BCUT2D eigenvalue weighted by Crippen LogP contribution is 2.16. The van der Waals surface area contributed by atoms with E-state index in [0.29, 0.717) is 11.4 Å². The molecular formula is C18H17N5O2. The highest BCUT2D eigenvalue weighted by molar-refractivity contribution is 6.45. The standard InChI is InChI=1S/C18H17N5O2/c1-13-6-3-4-7-14(13)12-20-23-18(24)17(11-19)22-21-15-8-5-9-16(10-15)25-2/h3-10,12,21H,1-2H3,(H,23,24). The van der Waals surface area contributed by atoms with E-state index >= 15 is 0 Å². The van der Waals surface area contributed by atoms with E-state index in [9.17, 15) is 4.79 Å². The lowest BCUT2D eigenvalue weighted by Crippen LogP contribution is -2.26. The molecule has 2 aromatic carbocycles. The predicted molar refractivity (Wildman–Crippen MR) is 96.6 cm³/mol. The van der Waals surface area contributed by atoms with E-state index in [2.05, 4.69) is 21.1 Å². The summed E-state index contributed by atoms with van der Waals surface area (Å²) in [6, 6.07) is 16.3. The number of hydrogen-bond acceptors (Lipinski definition) is 6. The molecule has 126 valence electrons. The zero-order chi connectivity index (χ0) is 18.1. The molecule has 0 saturated carbocycles. The van der Waals surface area contributed by atoms with E-state index in [1.807, 2.05) is 31.2 Å². The van der Waals surface area contributed by atoms with Crippen LogP contribution >= 0.6 is 0 Å². The van der Waals surface area contributed by atoms with Gasteiger partial charge in [0.15, 0.2) is 0 Å². The Morgan fingerprint density at radius 2 is 2.04 bits per heavy atom. The Kier molecular flexibility index (Phi) is 6.25. The van der Waals surface area contributed by atoms with Crippen molar-refractivity contribution < 1.29 is 9.53 Å². The second-order valence-electron chi connectivity index (χ2n) is 4.97. The molecule has 0 aromatic heterocycles. The van der Waals surface area contributed by atoms with Gasteiger partial charge >= 0.3 is 5.91 Å². The Labute approximate surface area is 145 Å². The molecule has 0 aliphatic rings. The van der Waals surface area contributed by atoms with Crippen LogP contribution in [0.1, 0.15) is 11.1 Å². The Balaban J connectivity index is 2.00. The maximum absolute atomic E-state index is 12.0. The average molecular weight is 335 g/mol. The highest BCUT2D eigenvalue weighted by Gasteiger charge is 2.10. The summed E-state index contributed by atoms with van der Waals surface area (Å²) >= 11 is 0. The third kappa shape index (κ3) is 5.18. The topological polar surface area (TPSA) is 98.9 Å². The second-order valence-corrected chi connectivity index (χ2v) is 4.97. The summed E-state index contributed by atoms with van der Waals surface area (Å²) in [6.45, 7) is 1.93. The van der Waals surface area contributed by atoms with Crippen LogP contribution in [-0.4, -0.2) is 24.9 Å². The third-order valence-electron chi connectivity index (χ3n) is 3.25. The van der Waals surface area contributed by atoms with Gasteiger partial charge < -0.3 is 4.74 Å². The normalized spacial score (nSPS) is 11.0. The van der Waals surface area contributed by atoms with Crippen molar-refractivity contribution in [1.29, 1.82) is 5.26 Å². The van der Waals surface area contributed by atoms with Gasteiger partial charge in [-0.2, -0.15) is 15.5 Å². The number of rotatable bonds is 6. The van der Waals surface area contributed by atoms with Gasteiger partial charge in [0.05, 0.1) is 19.0 Å². The number of aryl methyl sites for hydroxylation is 1. The van der Waals surface area contributed by atoms with Crippen LogP contribution in [0.4, 0.5) is 5.69 Å². The van der Waals surface area contributed by atoms with Crippen molar-refractivity contribution in [2.24, 2.45) is 10.2 Å². The average Bonchev–Trinajstić information content (AvgIpc) is 2.64. The summed E-state index contributed by atoms with van der Waals surface area (Å²) in [5.41, 5.74) is 7.06. The molecule has 25 heavy (non-hydrogen) atoms. The van der Waals surface area contributed by atoms with E-state index in [1.54, 1.807) is 37.4 Å². The van der Waals surface area contributed by atoms with Gasteiger partial charge in [-0.25, -0.2) is 5.43 Å². The molecule has 0 spiro atoms. The predicted octanol–water partition coefficient (Wildman–Crippen LogP) is 2.45. The molecule has 7 nitrogen and oxygen atoms in total. The molecule has 0 heterocycles. The number of ether oxygens (including phenoxy) is 1. The minimum Gasteiger partial charge on any atom is -0.497 e. The zero-order valence-electron chi connectivity index (χ0n) is 13.9. The quantitative estimate of drug-likeness (QED) is 0.625. The molecule has 0 bridgehead atoms. The Hall–Kier alpha value is -3.66. The van der Waals surface area contributed by atoms with Gasteiger partial charge in [0, 0.05) is 6.07 Å².